The first kappa shape index (κ1) is 20.2. The number of para-hydroxylation sites is 3. The van der Waals surface area contributed by atoms with Gasteiger partial charge in [-0.05, 0) is 43.7 Å². The molecular formula is C23H31N3O2. The van der Waals surface area contributed by atoms with E-state index >= 15 is 0 Å². The van der Waals surface area contributed by atoms with Crippen LogP contribution in [-0.4, -0.2) is 37.6 Å². The molecule has 0 aromatic heterocycles. The molecule has 0 saturated heterocycles. The third kappa shape index (κ3) is 5.49. The first-order chi connectivity index (χ1) is 13.7. The standard InChI is InChI=1S/C23H31N3O2/c1-26(19-11-4-3-5-12-19)17-18-10-6-7-13-20(18)24-16-23(27)25-21-14-8-9-15-22(21)28-2/h6-10,13-15,19,24H,3-5,11-12,16-17H2,1-2H3,(H,25,27). The number of nitrogens with one attached hydrogen (secondary N) is 2. The van der Waals surface area contributed by atoms with Crippen LogP contribution in [0.3, 0.4) is 0 Å². The van der Waals surface area contributed by atoms with E-state index in [9.17, 15) is 4.79 Å². The number of nitrogens with zero attached hydrogens (tertiary/aromatic N) is 1. The van der Waals surface area contributed by atoms with E-state index in [4.69, 9.17) is 4.74 Å². The molecule has 0 spiro atoms. The van der Waals surface area contributed by atoms with E-state index in [1.54, 1.807) is 7.11 Å². The molecule has 0 aliphatic heterocycles. The summed E-state index contributed by atoms with van der Waals surface area (Å²) < 4.78 is 5.29. The fourth-order valence-electron chi connectivity index (χ4n) is 3.87. The Kier molecular flexibility index (Phi) is 7.31. The van der Waals surface area contributed by atoms with Crippen molar-refractivity contribution in [1.82, 2.24) is 4.90 Å². The van der Waals surface area contributed by atoms with Crippen LogP contribution in [0.15, 0.2) is 48.5 Å². The second-order valence-electron chi connectivity index (χ2n) is 7.47. The van der Waals surface area contributed by atoms with E-state index in [0.717, 1.165) is 12.2 Å². The highest BCUT2D eigenvalue weighted by molar-refractivity contribution is 5.95. The molecular weight excluding hydrogens is 350 g/mol. The predicted molar refractivity (Wildman–Crippen MR) is 115 cm³/mol. The third-order valence-electron chi connectivity index (χ3n) is 5.46. The quantitative estimate of drug-likeness (QED) is 0.706. The summed E-state index contributed by atoms with van der Waals surface area (Å²) in [5.74, 6) is 0.560. The Morgan fingerprint density at radius 1 is 1.04 bits per heavy atom. The summed E-state index contributed by atoms with van der Waals surface area (Å²) in [5, 5.41) is 6.21. The topological polar surface area (TPSA) is 53.6 Å². The number of amides is 1. The van der Waals surface area contributed by atoms with Crippen LogP contribution < -0.4 is 15.4 Å². The average molecular weight is 382 g/mol. The molecule has 1 aliphatic carbocycles. The highest BCUT2D eigenvalue weighted by atomic mass is 16.5. The van der Waals surface area contributed by atoms with E-state index in [1.165, 1.54) is 37.7 Å². The van der Waals surface area contributed by atoms with Crippen molar-refractivity contribution in [1.29, 1.82) is 0 Å². The van der Waals surface area contributed by atoms with Crippen LogP contribution in [0.25, 0.3) is 0 Å². The van der Waals surface area contributed by atoms with Gasteiger partial charge in [-0.2, -0.15) is 0 Å². The molecule has 1 aliphatic rings. The van der Waals surface area contributed by atoms with Crippen LogP contribution in [0.2, 0.25) is 0 Å². The lowest BCUT2D eigenvalue weighted by Gasteiger charge is -2.31. The van der Waals surface area contributed by atoms with Crippen molar-refractivity contribution in [2.24, 2.45) is 0 Å². The van der Waals surface area contributed by atoms with Gasteiger partial charge in [0.15, 0.2) is 0 Å². The summed E-state index contributed by atoms with van der Waals surface area (Å²) in [4.78, 5) is 14.8. The molecule has 1 fully saturated rings. The molecule has 28 heavy (non-hydrogen) atoms. The number of carbonyl (C=O) groups excluding carboxylic acids is 1. The number of methoxy groups -OCH3 is 1. The van der Waals surface area contributed by atoms with Gasteiger partial charge in [0.2, 0.25) is 5.91 Å². The zero-order chi connectivity index (χ0) is 19.8. The SMILES string of the molecule is COc1ccccc1NC(=O)CNc1ccccc1CN(C)C1CCCCC1. The Morgan fingerprint density at radius 3 is 2.46 bits per heavy atom. The number of hydrogen-bond donors (Lipinski definition) is 2. The summed E-state index contributed by atoms with van der Waals surface area (Å²) >= 11 is 0. The molecule has 2 N–H and O–H groups in total. The van der Waals surface area contributed by atoms with Gasteiger partial charge < -0.3 is 15.4 Å². The summed E-state index contributed by atoms with van der Waals surface area (Å²) in [6.07, 6.45) is 6.60. The van der Waals surface area contributed by atoms with E-state index in [0.29, 0.717) is 17.5 Å². The van der Waals surface area contributed by atoms with Crippen LogP contribution in [0.1, 0.15) is 37.7 Å². The Morgan fingerprint density at radius 2 is 1.71 bits per heavy atom. The summed E-state index contributed by atoms with van der Waals surface area (Å²) in [6.45, 7) is 1.10. The van der Waals surface area contributed by atoms with Crippen molar-refractivity contribution < 1.29 is 9.53 Å². The molecule has 1 amide bonds. The van der Waals surface area contributed by atoms with Crippen molar-refractivity contribution in [3.63, 3.8) is 0 Å². The lowest BCUT2D eigenvalue weighted by Crippen LogP contribution is -2.33. The molecule has 3 rings (SSSR count). The first-order valence-corrected chi connectivity index (χ1v) is 10.1. The molecule has 0 bridgehead atoms. The van der Waals surface area contributed by atoms with Gasteiger partial charge in [-0.1, -0.05) is 49.6 Å². The fraction of sp³-hybridized carbons (Fsp3) is 0.435. The molecule has 150 valence electrons. The van der Waals surface area contributed by atoms with Crippen LogP contribution in [0.4, 0.5) is 11.4 Å². The van der Waals surface area contributed by atoms with Gasteiger partial charge in [0, 0.05) is 18.3 Å². The molecule has 0 unspecified atom stereocenters. The number of hydrogen-bond acceptors (Lipinski definition) is 4. The highest BCUT2D eigenvalue weighted by Crippen LogP contribution is 2.25. The van der Waals surface area contributed by atoms with Crippen molar-refractivity contribution >= 4 is 17.3 Å². The van der Waals surface area contributed by atoms with Gasteiger partial charge in [-0.3, -0.25) is 9.69 Å². The largest absolute Gasteiger partial charge is 0.495 e. The van der Waals surface area contributed by atoms with E-state index in [2.05, 4.69) is 34.7 Å². The number of anilines is 2. The monoisotopic (exact) mass is 381 g/mol. The Hall–Kier alpha value is -2.53. The number of rotatable bonds is 8. The Labute approximate surface area is 168 Å². The lowest BCUT2D eigenvalue weighted by molar-refractivity contribution is -0.114. The molecule has 2 aromatic rings. The van der Waals surface area contributed by atoms with Crippen molar-refractivity contribution in [3.05, 3.63) is 54.1 Å². The lowest BCUT2D eigenvalue weighted by atomic mass is 9.94. The summed E-state index contributed by atoms with van der Waals surface area (Å²) in [7, 11) is 3.81. The van der Waals surface area contributed by atoms with Crippen molar-refractivity contribution in [2.75, 3.05) is 31.3 Å². The molecule has 2 aromatic carbocycles. The molecule has 1 saturated carbocycles. The van der Waals surface area contributed by atoms with E-state index in [1.807, 2.05) is 36.4 Å². The second-order valence-corrected chi connectivity index (χ2v) is 7.47. The number of carbonyl (C=O) groups is 1. The average Bonchev–Trinajstić information content (AvgIpc) is 2.74. The minimum atomic E-state index is -0.0973. The smallest absolute Gasteiger partial charge is 0.243 e. The molecule has 0 radical (unpaired) electrons. The molecule has 0 atom stereocenters. The zero-order valence-electron chi connectivity index (χ0n) is 16.9. The zero-order valence-corrected chi connectivity index (χ0v) is 16.9. The van der Waals surface area contributed by atoms with Crippen molar-refractivity contribution in [3.8, 4) is 5.75 Å². The van der Waals surface area contributed by atoms with Gasteiger partial charge in [-0.15, -0.1) is 0 Å². The predicted octanol–water partition coefficient (Wildman–Crippen LogP) is 4.51. The van der Waals surface area contributed by atoms with E-state index in [-0.39, 0.29) is 12.5 Å². The first-order valence-electron chi connectivity index (χ1n) is 10.1. The van der Waals surface area contributed by atoms with Gasteiger partial charge in [0.1, 0.15) is 5.75 Å². The Balaban J connectivity index is 1.57. The fourth-order valence-corrected chi connectivity index (χ4v) is 3.87. The van der Waals surface area contributed by atoms with Crippen molar-refractivity contribution in [2.45, 2.75) is 44.7 Å². The Bertz CT molecular complexity index is 772. The van der Waals surface area contributed by atoms with Gasteiger partial charge >= 0.3 is 0 Å². The molecule has 5 nitrogen and oxygen atoms in total. The number of benzene rings is 2. The maximum Gasteiger partial charge on any atom is 0.243 e. The van der Waals surface area contributed by atoms with Crippen LogP contribution >= 0.6 is 0 Å². The summed E-state index contributed by atoms with van der Waals surface area (Å²) in [6, 6.07) is 16.3. The van der Waals surface area contributed by atoms with Gasteiger partial charge in [0.25, 0.3) is 0 Å². The van der Waals surface area contributed by atoms with E-state index < -0.39 is 0 Å². The van der Waals surface area contributed by atoms with Gasteiger partial charge in [-0.25, -0.2) is 0 Å². The number of ether oxygens (including phenoxy) is 1. The van der Waals surface area contributed by atoms with Crippen LogP contribution in [0.5, 0.6) is 5.75 Å². The second kappa shape index (κ2) is 10.1. The minimum absolute atomic E-state index is 0.0973. The van der Waals surface area contributed by atoms with Crippen LogP contribution in [-0.2, 0) is 11.3 Å². The minimum Gasteiger partial charge on any atom is -0.495 e. The van der Waals surface area contributed by atoms with Gasteiger partial charge in [0.05, 0.1) is 19.3 Å². The highest BCUT2D eigenvalue weighted by Gasteiger charge is 2.19. The molecule has 5 heteroatoms. The molecule has 0 heterocycles. The third-order valence-corrected chi connectivity index (χ3v) is 5.46. The normalized spacial score (nSPS) is 14.7. The maximum atomic E-state index is 12.4. The maximum absolute atomic E-state index is 12.4. The van der Waals surface area contributed by atoms with Crippen LogP contribution in [0, 0.1) is 0 Å². The summed E-state index contributed by atoms with van der Waals surface area (Å²) in [5.41, 5.74) is 2.92.